The summed E-state index contributed by atoms with van der Waals surface area (Å²) in [5.41, 5.74) is 0. The van der Waals surface area contributed by atoms with Gasteiger partial charge in [-0.1, -0.05) is 13.8 Å². The summed E-state index contributed by atoms with van der Waals surface area (Å²) in [5, 5.41) is 2.90. The van der Waals surface area contributed by atoms with Crippen LogP contribution in [-0.4, -0.2) is 16.5 Å². The highest BCUT2D eigenvalue weighted by molar-refractivity contribution is 5.31. The van der Waals surface area contributed by atoms with Gasteiger partial charge in [0.25, 0.3) is 5.95 Å². The number of nitrogens with one attached hydrogen (secondary N) is 1. The standard InChI is InChI=1S/C9H14FN3/c1-7(2)3-4-12-9-8(10)11-5-6-13-9/h5-7H,3-4H2,1-2H3,(H,12,13). The summed E-state index contributed by atoms with van der Waals surface area (Å²) in [6, 6.07) is 0. The number of hydrogen-bond donors (Lipinski definition) is 1. The van der Waals surface area contributed by atoms with Crippen LogP contribution in [0.3, 0.4) is 0 Å². The molecule has 0 amide bonds. The number of hydrogen-bond acceptors (Lipinski definition) is 3. The van der Waals surface area contributed by atoms with E-state index in [9.17, 15) is 4.39 Å². The second kappa shape index (κ2) is 4.74. The van der Waals surface area contributed by atoms with E-state index < -0.39 is 5.95 Å². The molecule has 4 heteroatoms. The second-order valence-corrected chi connectivity index (χ2v) is 3.31. The molecule has 72 valence electrons. The van der Waals surface area contributed by atoms with Crippen LogP contribution in [-0.2, 0) is 0 Å². The van der Waals surface area contributed by atoms with Crippen molar-refractivity contribution in [2.24, 2.45) is 5.92 Å². The Morgan fingerprint density at radius 2 is 2.08 bits per heavy atom. The van der Waals surface area contributed by atoms with Gasteiger partial charge in [-0.05, 0) is 12.3 Å². The normalized spacial score (nSPS) is 10.5. The molecule has 0 saturated heterocycles. The van der Waals surface area contributed by atoms with Crippen LogP contribution in [0.5, 0.6) is 0 Å². The van der Waals surface area contributed by atoms with Crippen LogP contribution in [0, 0.1) is 11.9 Å². The predicted octanol–water partition coefficient (Wildman–Crippen LogP) is 2.07. The molecule has 1 heterocycles. The SMILES string of the molecule is CC(C)CCNc1nccnc1F. The Morgan fingerprint density at radius 1 is 1.38 bits per heavy atom. The fraction of sp³-hybridized carbons (Fsp3) is 0.556. The van der Waals surface area contributed by atoms with Crippen molar-refractivity contribution < 1.29 is 4.39 Å². The molecule has 0 aromatic carbocycles. The highest BCUT2D eigenvalue weighted by Gasteiger charge is 2.02. The minimum absolute atomic E-state index is 0.239. The number of rotatable bonds is 4. The van der Waals surface area contributed by atoms with Crippen molar-refractivity contribution in [2.45, 2.75) is 20.3 Å². The maximum Gasteiger partial charge on any atom is 0.255 e. The van der Waals surface area contributed by atoms with Crippen LogP contribution in [0.2, 0.25) is 0 Å². The summed E-state index contributed by atoms with van der Waals surface area (Å²) in [7, 11) is 0. The predicted molar refractivity (Wildman–Crippen MR) is 49.9 cm³/mol. The van der Waals surface area contributed by atoms with Gasteiger partial charge >= 0.3 is 0 Å². The average molecular weight is 183 g/mol. The molecule has 0 fully saturated rings. The molecule has 0 saturated carbocycles. The topological polar surface area (TPSA) is 37.8 Å². The zero-order valence-electron chi connectivity index (χ0n) is 7.92. The summed E-state index contributed by atoms with van der Waals surface area (Å²) < 4.78 is 12.9. The van der Waals surface area contributed by atoms with E-state index in [-0.39, 0.29) is 5.82 Å². The van der Waals surface area contributed by atoms with Gasteiger partial charge in [-0.15, -0.1) is 0 Å². The zero-order chi connectivity index (χ0) is 9.68. The van der Waals surface area contributed by atoms with Crippen LogP contribution in [0.25, 0.3) is 0 Å². The molecule has 0 radical (unpaired) electrons. The van der Waals surface area contributed by atoms with Crippen LogP contribution in [0.4, 0.5) is 10.2 Å². The Hall–Kier alpha value is -1.19. The third-order valence-corrected chi connectivity index (χ3v) is 1.67. The van der Waals surface area contributed by atoms with Gasteiger partial charge < -0.3 is 5.32 Å². The lowest BCUT2D eigenvalue weighted by molar-refractivity contribution is 0.572. The van der Waals surface area contributed by atoms with Crippen molar-refractivity contribution in [1.29, 1.82) is 0 Å². The van der Waals surface area contributed by atoms with Gasteiger partial charge in [0.2, 0.25) is 0 Å². The molecule has 0 unspecified atom stereocenters. The fourth-order valence-electron chi connectivity index (χ4n) is 0.919. The minimum Gasteiger partial charge on any atom is -0.366 e. The Morgan fingerprint density at radius 3 is 2.69 bits per heavy atom. The molecule has 1 rings (SSSR count). The third-order valence-electron chi connectivity index (χ3n) is 1.67. The summed E-state index contributed by atoms with van der Waals surface area (Å²) in [6.45, 7) is 4.97. The lowest BCUT2D eigenvalue weighted by Crippen LogP contribution is -2.08. The first-order valence-corrected chi connectivity index (χ1v) is 4.40. The van der Waals surface area contributed by atoms with E-state index in [4.69, 9.17) is 0 Å². The smallest absolute Gasteiger partial charge is 0.255 e. The maximum absolute atomic E-state index is 12.9. The number of aromatic nitrogens is 2. The second-order valence-electron chi connectivity index (χ2n) is 3.31. The molecule has 3 nitrogen and oxygen atoms in total. The van der Waals surface area contributed by atoms with E-state index in [2.05, 4.69) is 29.1 Å². The molecular weight excluding hydrogens is 169 g/mol. The Bertz CT molecular complexity index is 263. The van der Waals surface area contributed by atoms with Crippen LogP contribution in [0.1, 0.15) is 20.3 Å². The number of anilines is 1. The van der Waals surface area contributed by atoms with Crippen molar-refractivity contribution in [3.05, 3.63) is 18.3 Å². The van der Waals surface area contributed by atoms with Gasteiger partial charge in [-0.25, -0.2) is 9.97 Å². The van der Waals surface area contributed by atoms with E-state index in [1.807, 2.05) is 0 Å². The monoisotopic (exact) mass is 183 g/mol. The van der Waals surface area contributed by atoms with E-state index in [1.165, 1.54) is 12.4 Å². The quantitative estimate of drug-likeness (QED) is 0.776. The molecule has 13 heavy (non-hydrogen) atoms. The Balaban J connectivity index is 2.41. The van der Waals surface area contributed by atoms with Gasteiger partial charge in [0, 0.05) is 18.9 Å². The number of halogens is 1. The molecule has 0 bridgehead atoms. The lowest BCUT2D eigenvalue weighted by Gasteiger charge is -2.06. The fourth-order valence-corrected chi connectivity index (χ4v) is 0.919. The summed E-state index contributed by atoms with van der Waals surface area (Å²) in [4.78, 5) is 7.31. The van der Waals surface area contributed by atoms with E-state index >= 15 is 0 Å². The van der Waals surface area contributed by atoms with Crippen molar-refractivity contribution in [1.82, 2.24) is 9.97 Å². The number of nitrogens with zero attached hydrogens (tertiary/aromatic N) is 2. The first-order chi connectivity index (χ1) is 6.20. The van der Waals surface area contributed by atoms with Gasteiger partial charge in [0.15, 0.2) is 5.82 Å². The first kappa shape index (κ1) is 9.89. The molecule has 0 aliphatic rings. The Labute approximate surface area is 77.4 Å². The average Bonchev–Trinajstić information content (AvgIpc) is 2.08. The molecule has 1 aromatic rings. The molecule has 0 aliphatic heterocycles. The van der Waals surface area contributed by atoms with Crippen molar-refractivity contribution in [3.63, 3.8) is 0 Å². The van der Waals surface area contributed by atoms with Gasteiger partial charge in [-0.2, -0.15) is 4.39 Å². The maximum atomic E-state index is 12.9. The Kier molecular flexibility index (Phi) is 3.61. The summed E-state index contributed by atoms with van der Waals surface area (Å²) >= 11 is 0. The third kappa shape index (κ3) is 3.36. The van der Waals surface area contributed by atoms with E-state index in [0.717, 1.165) is 13.0 Å². The zero-order valence-corrected chi connectivity index (χ0v) is 7.92. The van der Waals surface area contributed by atoms with Crippen LogP contribution < -0.4 is 5.32 Å². The van der Waals surface area contributed by atoms with Crippen molar-refractivity contribution in [2.75, 3.05) is 11.9 Å². The minimum atomic E-state index is -0.536. The summed E-state index contributed by atoms with van der Waals surface area (Å²) in [6.07, 6.45) is 3.81. The largest absolute Gasteiger partial charge is 0.366 e. The van der Waals surface area contributed by atoms with Crippen LogP contribution in [0.15, 0.2) is 12.4 Å². The highest BCUT2D eigenvalue weighted by Crippen LogP contribution is 2.06. The van der Waals surface area contributed by atoms with Crippen LogP contribution >= 0.6 is 0 Å². The van der Waals surface area contributed by atoms with E-state index in [1.54, 1.807) is 0 Å². The van der Waals surface area contributed by atoms with Gasteiger partial charge in [-0.3, -0.25) is 0 Å². The van der Waals surface area contributed by atoms with E-state index in [0.29, 0.717) is 5.92 Å². The highest BCUT2D eigenvalue weighted by atomic mass is 19.1. The van der Waals surface area contributed by atoms with Gasteiger partial charge in [0.1, 0.15) is 0 Å². The first-order valence-electron chi connectivity index (χ1n) is 4.40. The molecule has 0 spiro atoms. The van der Waals surface area contributed by atoms with Crippen molar-refractivity contribution >= 4 is 5.82 Å². The molecule has 0 aliphatic carbocycles. The molecular formula is C9H14FN3. The van der Waals surface area contributed by atoms with Gasteiger partial charge in [0.05, 0.1) is 0 Å². The molecule has 1 aromatic heterocycles. The molecule has 0 atom stereocenters. The van der Waals surface area contributed by atoms with Crippen molar-refractivity contribution in [3.8, 4) is 0 Å². The summed E-state index contributed by atoms with van der Waals surface area (Å²) in [5.74, 6) is 0.307. The molecule has 1 N–H and O–H groups in total. The lowest BCUT2D eigenvalue weighted by atomic mass is 10.1.